The van der Waals surface area contributed by atoms with E-state index in [2.05, 4.69) is 15.5 Å². The fourth-order valence-corrected chi connectivity index (χ4v) is 3.61. The Bertz CT molecular complexity index is 989. The molecule has 0 saturated carbocycles. The van der Waals surface area contributed by atoms with E-state index in [1.165, 1.54) is 23.5 Å². The van der Waals surface area contributed by atoms with E-state index < -0.39 is 4.92 Å². The Hall–Kier alpha value is -2.81. The molecule has 25 heavy (non-hydrogen) atoms. The van der Waals surface area contributed by atoms with Gasteiger partial charge in [-0.1, -0.05) is 25.2 Å². The number of nitrogens with one attached hydrogen (secondary N) is 1. The van der Waals surface area contributed by atoms with Gasteiger partial charge in [0.15, 0.2) is 0 Å². The predicted octanol–water partition coefficient (Wildman–Crippen LogP) is 3.69. The molecule has 0 unspecified atom stereocenters. The molecule has 2 aromatic heterocycles. The first kappa shape index (κ1) is 17.0. The third kappa shape index (κ3) is 2.98. The van der Waals surface area contributed by atoms with Gasteiger partial charge < -0.3 is 5.32 Å². The number of rotatable bonds is 4. The van der Waals surface area contributed by atoms with Gasteiger partial charge in [-0.25, -0.2) is 0 Å². The van der Waals surface area contributed by atoms with E-state index in [0.717, 1.165) is 11.5 Å². The molecule has 3 rings (SSSR count). The number of amides is 1. The van der Waals surface area contributed by atoms with Crippen LogP contribution < -0.4 is 5.32 Å². The molecule has 0 atom stereocenters. The third-order valence-electron chi connectivity index (χ3n) is 3.89. The topological polar surface area (TPSA) is 102 Å². The minimum Gasteiger partial charge on any atom is -0.321 e. The number of fused-ring (bicyclic) bond motifs is 1. The molecule has 0 aliphatic rings. The summed E-state index contributed by atoms with van der Waals surface area (Å²) >= 11 is 1.27. The highest BCUT2D eigenvalue weighted by Crippen LogP contribution is 2.27. The molecule has 0 bridgehead atoms. The van der Waals surface area contributed by atoms with E-state index in [9.17, 15) is 14.9 Å². The average molecular weight is 359 g/mol. The molecule has 0 aliphatic carbocycles. The standard InChI is InChI=1S/C16H17N5O3S/c1-8(2)14-18-19-16-20(14)10(4)13(25-16)15(22)17-11-5-6-12(21(23)24)9(3)7-11/h5-8H,1-4H3,(H,17,22). The molecule has 3 aromatic rings. The highest BCUT2D eigenvalue weighted by molar-refractivity contribution is 7.19. The van der Waals surface area contributed by atoms with Gasteiger partial charge >= 0.3 is 0 Å². The van der Waals surface area contributed by atoms with E-state index in [0.29, 0.717) is 21.1 Å². The Morgan fingerprint density at radius 2 is 2.04 bits per heavy atom. The maximum Gasteiger partial charge on any atom is 0.272 e. The van der Waals surface area contributed by atoms with Crippen molar-refractivity contribution in [3.63, 3.8) is 0 Å². The van der Waals surface area contributed by atoms with Crippen LogP contribution in [0.3, 0.4) is 0 Å². The van der Waals surface area contributed by atoms with E-state index in [-0.39, 0.29) is 17.5 Å². The highest BCUT2D eigenvalue weighted by Gasteiger charge is 2.21. The van der Waals surface area contributed by atoms with E-state index in [4.69, 9.17) is 0 Å². The number of hydrogen-bond donors (Lipinski definition) is 1. The van der Waals surface area contributed by atoms with Crippen molar-refractivity contribution in [1.29, 1.82) is 0 Å². The van der Waals surface area contributed by atoms with Crippen LogP contribution in [-0.4, -0.2) is 25.4 Å². The van der Waals surface area contributed by atoms with Crippen molar-refractivity contribution in [2.45, 2.75) is 33.6 Å². The molecule has 1 amide bonds. The lowest BCUT2D eigenvalue weighted by atomic mass is 10.2. The van der Waals surface area contributed by atoms with Crippen molar-refractivity contribution in [1.82, 2.24) is 14.6 Å². The number of benzene rings is 1. The van der Waals surface area contributed by atoms with Crippen LogP contribution in [0.5, 0.6) is 0 Å². The monoisotopic (exact) mass is 359 g/mol. The number of aromatic nitrogens is 3. The number of hydrogen-bond acceptors (Lipinski definition) is 6. The first-order valence-electron chi connectivity index (χ1n) is 7.70. The molecular weight excluding hydrogens is 342 g/mol. The van der Waals surface area contributed by atoms with Crippen LogP contribution in [-0.2, 0) is 0 Å². The molecule has 0 aliphatic heterocycles. The smallest absolute Gasteiger partial charge is 0.272 e. The fourth-order valence-electron chi connectivity index (χ4n) is 2.64. The van der Waals surface area contributed by atoms with Gasteiger partial charge in [0.05, 0.1) is 4.92 Å². The maximum atomic E-state index is 12.6. The zero-order valence-corrected chi connectivity index (χ0v) is 15.0. The van der Waals surface area contributed by atoms with E-state index in [1.807, 2.05) is 25.2 Å². The molecule has 8 nitrogen and oxygen atoms in total. The summed E-state index contributed by atoms with van der Waals surface area (Å²) in [6, 6.07) is 4.50. The highest BCUT2D eigenvalue weighted by atomic mass is 32.1. The first-order chi connectivity index (χ1) is 11.8. The van der Waals surface area contributed by atoms with Gasteiger partial charge in [0.1, 0.15) is 10.7 Å². The summed E-state index contributed by atoms with van der Waals surface area (Å²) in [7, 11) is 0. The van der Waals surface area contributed by atoms with Gasteiger partial charge in [-0.3, -0.25) is 19.3 Å². The maximum absolute atomic E-state index is 12.6. The van der Waals surface area contributed by atoms with Crippen LogP contribution in [0.25, 0.3) is 4.96 Å². The van der Waals surface area contributed by atoms with Crippen molar-refractivity contribution >= 4 is 33.6 Å². The molecule has 0 saturated heterocycles. The zero-order chi connectivity index (χ0) is 18.3. The minimum absolute atomic E-state index is 0.0245. The molecule has 130 valence electrons. The zero-order valence-electron chi connectivity index (χ0n) is 14.2. The molecule has 1 aromatic carbocycles. The van der Waals surface area contributed by atoms with Crippen molar-refractivity contribution in [2.75, 3.05) is 5.32 Å². The van der Waals surface area contributed by atoms with Crippen molar-refractivity contribution < 1.29 is 9.72 Å². The number of nitrogens with zero attached hydrogens (tertiary/aromatic N) is 4. The number of carbonyl (C=O) groups excluding carboxylic acids is 1. The summed E-state index contributed by atoms with van der Waals surface area (Å²) in [5.41, 5.74) is 1.81. The van der Waals surface area contributed by atoms with Crippen LogP contribution in [0.1, 0.15) is 46.5 Å². The number of carbonyl (C=O) groups is 1. The van der Waals surface area contributed by atoms with Crippen LogP contribution in [0.15, 0.2) is 18.2 Å². The van der Waals surface area contributed by atoms with Gasteiger partial charge in [-0.15, -0.1) is 10.2 Å². The van der Waals surface area contributed by atoms with Crippen LogP contribution in [0.4, 0.5) is 11.4 Å². The number of nitro groups is 1. The summed E-state index contributed by atoms with van der Waals surface area (Å²) in [6.07, 6.45) is 0. The summed E-state index contributed by atoms with van der Waals surface area (Å²) in [5.74, 6) is 0.737. The number of aryl methyl sites for hydroxylation is 2. The molecule has 0 fully saturated rings. The quantitative estimate of drug-likeness (QED) is 0.565. The molecular formula is C16H17N5O3S. The van der Waals surface area contributed by atoms with Gasteiger partial charge in [-0.2, -0.15) is 0 Å². The SMILES string of the molecule is Cc1cc(NC(=O)c2sc3nnc(C(C)C)n3c2C)ccc1[N+](=O)[O-]. The van der Waals surface area contributed by atoms with Crippen LogP contribution in [0.2, 0.25) is 0 Å². The lowest BCUT2D eigenvalue weighted by molar-refractivity contribution is -0.385. The Labute approximate surface area is 147 Å². The second-order valence-electron chi connectivity index (χ2n) is 6.06. The molecule has 9 heteroatoms. The Morgan fingerprint density at radius 3 is 2.64 bits per heavy atom. The lowest BCUT2D eigenvalue weighted by Gasteiger charge is -2.06. The normalized spacial score (nSPS) is 11.2. The van der Waals surface area contributed by atoms with Gasteiger partial charge in [0.2, 0.25) is 4.96 Å². The van der Waals surface area contributed by atoms with Crippen molar-refractivity contribution in [2.24, 2.45) is 0 Å². The lowest BCUT2D eigenvalue weighted by Crippen LogP contribution is -2.12. The van der Waals surface area contributed by atoms with Crippen LogP contribution in [0, 0.1) is 24.0 Å². The second-order valence-corrected chi connectivity index (χ2v) is 7.04. The Kier molecular flexibility index (Phi) is 4.25. The Balaban J connectivity index is 1.91. The number of anilines is 1. The summed E-state index contributed by atoms with van der Waals surface area (Å²) in [4.78, 5) is 24.3. The van der Waals surface area contributed by atoms with E-state index in [1.54, 1.807) is 13.0 Å². The average Bonchev–Trinajstić information content (AvgIpc) is 3.07. The van der Waals surface area contributed by atoms with Crippen molar-refractivity contribution in [3.05, 3.63) is 50.3 Å². The second kappa shape index (κ2) is 6.25. The number of thiazole rings is 1. The van der Waals surface area contributed by atoms with Crippen LogP contribution >= 0.6 is 11.3 Å². The molecule has 0 spiro atoms. The predicted molar refractivity (Wildman–Crippen MR) is 95.5 cm³/mol. The molecule has 2 heterocycles. The third-order valence-corrected chi connectivity index (χ3v) is 5.02. The van der Waals surface area contributed by atoms with Gasteiger partial charge in [0, 0.05) is 28.9 Å². The number of nitro benzene ring substituents is 1. The Morgan fingerprint density at radius 1 is 1.32 bits per heavy atom. The summed E-state index contributed by atoms with van der Waals surface area (Å²) < 4.78 is 1.89. The minimum atomic E-state index is -0.445. The molecule has 1 N–H and O–H groups in total. The van der Waals surface area contributed by atoms with Gasteiger partial charge in [0.25, 0.3) is 11.6 Å². The fraction of sp³-hybridized carbons (Fsp3) is 0.312. The van der Waals surface area contributed by atoms with Gasteiger partial charge in [-0.05, 0) is 26.0 Å². The van der Waals surface area contributed by atoms with E-state index >= 15 is 0 Å². The molecule has 0 radical (unpaired) electrons. The largest absolute Gasteiger partial charge is 0.321 e. The van der Waals surface area contributed by atoms with Crippen molar-refractivity contribution in [3.8, 4) is 0 Å². The first-order valence-corrected chi connectivity index (χ1v) is 8.52. The summed E-state index contributed by atoms with van der Waals surface area (Å²) in [6.45, 7) is 7.54. The summed E-state index contributed by atoms with van der Waals surface area (Å²) in [5, 5.41) is 22.0.